The van der Waals surface area contributed by atoms with E-state index in [-0.39, 0.29) is 23.6 Å². The number of fused-ring (bicyclic) bond motifs is 1. The molecule has 1 aliphatic heterocycles. The van der Waals surface area contributed by atoms with E-state index in [2.05, 4.69) is 6.07 Å². The highest BCUT2D eigenvalue weighted by atomic mass is 35.5. The number of hydrogen-bond acceptors (Lipinski definition) is 2. The molecule has 2 aliphatic rings. The molecule has 1 amide bonds. The fourth-order valence-electron chi connectivity index (χ4n) is 4.66. The van der Waals surface area contributed by atoms with Gasteiger partial charge in [-0.15, -0.1) is 0 Å². The van der Waals surface area contributed by atoms with Gasteiger partial charge in [-0.3, -0.25) is 4.79 Å². The van der Waals surface area contributed by atoms with E-state index in [1.807, 2.05) is 41.3 Å². The van der Waals surface area contributed by atoms with Gasteiger partial charge in [0.2, 0.25) is 5.91 Å². The van der Waals surface area contributed by atoms with E-state index >= 15 is 0 Å². The van der Waals surface area contributed by atoms with Crippen molar-refractivity contribution in [2.75, 3.05) is 13.7 Å². The van der Waals surface area contributed by atoms with E-state index in [9.17, 15) is 9.18 Å². The Morgan fingerprint density at radius 1 is 1.13 bits per heavy atom. The molecule has 0 aromatic heterocycles. The highest BCUT2D eigenvalue weighted by molar-refractivity contribution is 6.30. The predicted octanol–water partition coefficient (Wildman–Crippen LogP) is 5.64. The summed E-state index contributed by atoms with van der Waals surface area (Å²) < 4.78 is 20.1. The van der Waals surface area contributed by atoms with Gasteiger partial charge in [-0.1, -0.05) is 35.9 Å². The van der Waals surface area contributed by atoms with Crippen LogP contribution in [0, 0.1) is 17.8 Å². The molecule has 0 spiro atoms. The van der Waals surface area contributed by atoms with Crippen molar-refractivity contribution < 1.29 is 13.9 Å². The van der Waals surface area contributed by atoms with Crippen molar-refractivity contribution in [3.8, 4) is 16.9 Å². The summed E-state index contributed by atoms with van der Waals surface area (Å²) in [6.45, 7) is 0.942. The molecule has 31 heavy (non-hydrogen) atoms. The predicted molar refractivity (Wildman–Crippen MR) is 119 cm³/mol. The Balaban J connectivity index is 1.42. The molecule has 0 saturated heterocycles. The maximum Gasteiger partial charge on any atom is 0.226 e. The van der Waals surface area contributed by atoms with Gasteiger partial charge in [-0.25, -0.2) is 4.39 Å². The number of ether oxygens (including phenoxy) is 1. The Hall–Kier alpha value is -2.85. The van der Waals surface area contributed by atoms with Crippen LogP contribution in [0.4, 0.5) is 4.39 Å². The van der Waals surface area contributed by atoms with Crippen molar-refractivity contribution in [3.05, 3.63) is 88.2 Å². The minimum Gasteiger partial charge on any atom is -0.496 e. The molecule has 0 unspecified atom stereocenters. The van der Waals surface area contributed by atoms with E-state index in [0.717, 1.165) is 28.7 Å². The summed E-state index contributed by atoms with van der Waals surface area (Å²) in [5, 5.41) is 0.697. The first-order chi connectivity index (χ1) is 15.1. The second-order valence-electron chi connectivity index (χ2n) is 8.19. The van der Waals surface area contributed by atoms with Crippen LogP contribution in [0.3, 0.4) is 0 Å². The average Bonchev–Trinajstić information content (AvgIpc) is 3.60. The van der Waals surface area contributed by atoms with Crippen LogP contribution in [0.1, 0.15) is 29.0 Å². The summed E-state index contributed by atoms with van der Waals surface area (Å²) in [4.78, 5) is 15.1. The summed E-state index contributed by atoms with van der Waals surface area (Å²) in [6, 6.07) is 19.6. The lowest BCUT2D eigenvalue weighted by atomic mass is 9.90. The molecule has 2 atom stereocenters. The smallest absolute Gasteiger partial charge is 0.226 e. The SMILES string of the molecule is COc1cc[c]cc1-c1ccc(F)c2c1CN(C(=O)[C@@H]1C[C@H]1c1ccc(Cl)cc1)CC2. The number of benzene rings is 3. The van der Waals surface area contributed by atoms with Crippen LogP contribution < -0.4 is 4.74 Å². The van der Waals surface area contributed by atoms with Crippen LogP contribution in [0.2, 0.25) is 5.02 Å². The number of rotatable bonds is 4. The lowest BCUT2D eigenvalue weighted by molar-refractivity contribution is -0.133. The summed E-state index contributed by atoms with van der Waals surface area (Å²) in [5.74, 6) is 0.866. The molecule has 3 aromatic rings. The van der Waals surface area contributed by atoms with Gasteiger partial charge in [0.25, 0.3) is 0 Å². The van der Waals surface area contributed by atoms with Crippen LogP contribution in [0.15, 0.2) is 54.6 Å². The van der Waals surface area contributed by atoms with Gasteiger partial charge in [-0.05, 0) is 77.4 Å². The fraction of sp³-hybridized carbons (Fsp3) is 0.269. The third kappa shape index (κ3) is 3.70. The zero-order chi connectivity index (χ0) is 21.5. The van der Waals surface area contributed by atoms with Crippen LogP contribution in [-0.2, 0) is 17.8 Å². The molecule has 0 bridgehead atoms. The molecule has 1 heterocycles. The standard InChI is InChI=1S/C26H22ClFNO2/c1-31-25-5-3-2-4-20(25)18-10-11-24(28)19-12-13-29(15-23(18)19)26(30)22-14-21(22)16-6-8-17(27)9-7-16/h3-11,21-22H,12-15H2,1H3/t21-,22+/m0/s1. The van der Waals surface area contributed by atoms with Crippen molar-refractivity contribution in [1.82, 2.24) is 4.90 Å². The second kappa shape index (κ2) is 8.01. The van der Waals surface area contributed by atoms with Gasteiger partial charge >= 0.3 is 0 Å². The highest BCUT2D eigenvalue weighted by Crippen LogP contribution is 2.49. The number of carbonyl (C=O) groups is 1. The van der Waals surface area contributed by atoms with Crippen molar-refractivity contribution >= 4 is 17.5 Å². The molecule has 1 fully saturated rings. The molecule has 5 heteroatoms. The van der Waals surface area contributed by atoms with Crippen molar-refractivity contribution in [3.63, 3.8) is 0 Å². The van der Waals surface area contributed by atoms with E-state index in [1.165, 1.54) is 6.07 Å². The third-order valence-electron chi connectivity index (χ3n) is 6.41. The molecule has 1 aliphatic carbocycles. The number of hydrogen-bond donors (Lipinski definition) is 0. The molecule has 3 aromatic carbocycles. The molecule has 1 radical (unpaired) electrons. The van der Waals surface area contributed by atoms with Crippen molar-refractivity contribution in [2.24, 2.45) is 5.92 Å². The average molecular weight is 435 g/mol. The molecule has 157 valence electrons. The van der Waals surface area contributed by atoms with E-state index in [1.54, 1.807) is 19.2 Å². The van der Waals surface area contributed by atoms with E-state index in [4.69, 9.17) is 16.3 Å². The quantitative estimate of drug-likeness (QED) is 0.531. The maximum absolute atomic E-state index is 14.6. The lowest BCUT2D eigenvalue weighted by Gasteiger charge is -2.31. The van der Waals surface area contributed by atoms with Crippen molar-refractivity contribution in [2.45, 2.75) is 25.3 Å². The summed E-state index contributed by atoms with van der Waals surface area (Å²) >= 11 is 5.99. The minimum absolute atomic E-state index is 0.0145. The molecular formula is C26H22ClFNO2. The third-order valence-corrected chi connectivity index (χ3v) is 6.66. The first kappa shape index (κ1) is 20.1. The summed E-state index contributed by atoms with van der Waals surface area (Å²) in [6.07, 6.45) is 1.36. The molecular weight excluding hydrogens is 413 g/mol. The molecule has 1 saturated carbocycles. The lowest BCUT2D eigenvalue weighted by Crippen LogP contribution is -2.37. The fourth-order valence-corrected chi connectivity index (χ4v) is 4.78. The Bertz CT molecular complexity index is 1140. The van der Waals surface area contributed by atoms with E-state index in [0.29, 0.717) is 35.8 Å². The number of nitrogens with zero attached hydrogens (tertiary/aromatic N) is 1. The Kier molecular flexibility index (Phi) is 5.19. The summed E-state index contributed by atoms with van der Waals surface area (Å²) in [5.41, 5.74) is 4.46. The first-order valence-electron chi connectivity index (χ1n) is 10.5. The van der Waals surface area contributed by atoms with Gasteiger partial charge in [-0.2, -0.15) is 0 Å². The zero-order valence-corrected chi connectivity index (χ0v) is 18.0. The van der Waals surface area contributed by atoms with Gasteiger partial charge < -0.3 is 9.64 Å². The second-order valence-corrected chi connectivity index (χ2v) is 8.62. The Morgan fingerprint density at radius 3 is 2.71 bits per heavy atom. The molecule has 3 nitrogen and oxygen atoms in total. The van der Waals surface area contributed by atoms with Crippen molar-refractivity contribution in [1.29, 1.82) is 0 Å². The molecule has 0 N–H and O–H groups in total. The number of carbonyl (C=O) groups excluding carboxylic acids is 1. The van der Waals surface area contributed by atoms with Crippen LogP contribution in [0.25, 0.3) is 11.1 Å². The van der Waals surface area contributed by atoms with Crippen LogP contribution >= 0.6 is 11.6 Å². The Morgan fingerprint density at radius 2 is 1.94 bits per heavy atom. The van der Waals surface area contributed by atoms with Gasteiger partial charge in [0.15, 0.2) is 0 Å². The topological polar surface area (TPSA) is 29.5 Å². The van der Waals surface area contributed by atoms with Gasteiger partial charge in [0.05, 0.1) is 7.11 Å². The number of amides is 1. The highest BCUT2D eigenvalue weighted by Gasteiger charge is 2.46. The van der Waals surface area contributed by atoms with E-state index < -0.39 is 0 Å². The zero-order valence-electron chi connectivity index (χ0n) is 17.2. The monoisotopic (exact) mass is 434 g/mol. The maximum atomic E-state index is 14.6. The van der Waals surface area contributed by atoms with Crippen LogP contribution in [-0.4, -0.2) is 24.5 Å². The number of methoxy groups -OCH3 is 1. The normalized spacial score (nSPS) is 19.6. The number of halogens is 2. The van der Waals surface area contributed by atoms with Gasteiger partial charge in [0.1, 0.15) is 11.6 Å². The summed E-state index contributed by atoms with van der Waals surface area (Å²) in [7, 11) is 1.62. The Labute approximate surface area is 186 Å². The minimum atomic E-state index is -0.213. The largest absolute Gasteiger partial charge is 0.496 e. The first-order valence-corrected chi connectivity index (χ1v) is 10.8. The van der Waals surface area contributed by atoms with Gasteiger partial charge in [0, 0.05) is 29.6 Å². The van der Waals surface area contributed by atoms with Crippen LogP contribution in [0.5, 0.6) is 5.75 Å². The molecule has 5 rings (SSSR count).